The molecule has 2 N–H and O–H groups in total. The number of hydrogen-bond acceptors (Lipinski definition) is 5. The van der Waals surface area contributed by atoms with Crippen LogP contribution in [0.5, 0.6) is 0 Å². The molecular weight excluding hydrogens is 338 g/mol. The van der Waals surface area contributed by atoms with Gasteiger partial charge < -0.3 is 15.2 Å². The number of nitrogens with zero attached hydrogens (tertiary/aromatic N) is 4. The Hall–Kier alpha value is -1.57. The van der Waals surface area contributed by atoms with Crippen molar-refractivity contribution in [3.8, 4) is 0 Å². The maximum atomic E-state index is 12.8. The zero-order valence-corrected chi connectivity index (χ0v) is 15.6. The van der Waals surface area contributed by atoms with Gasteiger partial charge >= 0.3 is 0 Å². The van der Waals surface area contributed by atoms with Crippen LogP contribution in [0, 0.1) is 0 Å². The quantitative estimate of drug-likeness (QED) is 0.745. The van der Waals surface area contributed by atoms with Gasteiger partial charge in [-0.25, -0.2) is 0 Å². The summed E-state index contributed by atoms with van der Waals surface area (Å²) in [4.78, 5) is 25.9. The van der Waals surface area contributed by atoms with Crippen LogP contribution in [0.25, 0.3) is 0 Å². The van der Waals surface area contributed by atoms with Gasteiger partial charge in [0.2, 0.25) is 11.8 Å². The Labute approximate surface area is 152 Å². The molecule has 1 aliphatic carbocycles. The van der Waals surface area contributed by atoms with E-state index in [1.807, 2.05) is 16.4 Å². The fourth-order valence-corrected chi connectivity index (χ4v) is 4.19. The second-order valence-electron chi connectivity index (χ2n) is 6.98. The number of primary amides is 1. The highest BCUT2D eigenvalue weighted by Gasteiger charge is 2.32. The first-order valence-corrected chi connectivity index (χ1v) is 10.1. The van der Waals surface area contributed by atoms with Gasteiger partial charge in [0.05, 0.1) is 5.25 Å². The van der Waals surface area contributed by atoms with E-state index in [4.69, 9.17) is 5.73 Å². The highest BCUT2D eigenvalue weighted by Crippen LogP contribution is 2.40. The Morgan fingerprint density at radius 3 is 2.48 bits per heavy atom. The van der Waals surface area contributed by atoms with Gasteiger partial charge in [-0.05, 0) is 32.6 Å². The van der Waals surface area contributed by atoms with Gasteiger partial charge in [-0.1, -0.05) is 24.6 Å². The average molecular weight is 366 g/mol. The number of likely N-dealkylation sites (tertiary alicyclic amines) is 1. The Bertz CT molecular complexity index is 621. The van der Waals surface area contributed by atoms with Crippen molar-refractivity contribution in [2.24, 2.45) is 5.73 Å². The molecule has 1 atom stereocenters. The van der Waals surface area contributed by atoms with Crippen molar-refractivity contribution in [3.05, 3.63) is 5.82 Å². The largest absolute Gasteiger partial charge is 0.370 e. The third-order valence-electron chi connectivity index (χ3n) is 4.82. The van der Waals surface area contributed by atoms with Crippen molar-refractivity contribution >= 4 is 23.6 Å². The van der Waals surface area contributed by atoms with E-state index in [0.717, 1.165) is 49.8 Å². The highest BCUT2D eigenvalue weighted by atomic mass is 32.2. The standard InChI is InChI=1S/C17H27N5O2S/c1-12(16(24)21-9-4-2-3-5-10-21)25-17-20-19-15(13-6-7-13)22(17)11-8-14(18)23/h12-13H,2-11H2,1H3,(H2,18,23). The van der Waals surface area contributed by atoms with E-state index >= 15 is 0 Å². The monoisotopic (exact) mass is 365 g/mol. The maximum absolute atomic E-state index is 12.8. The fourth-order valence-electron chi connectivity index (χ4n) is 3.22. The molecule has 1 aromatic heterocycles. The van der Waals surface area contributed by atoms with Crippen LogP contribution in [-0.4, -0.2) is 49.8 Å². The predicted molar refractivity (Wildman–Crippen MR) is 96.2 cm³/mol. The molecule has 25 heavy (non-hydrogen) atoms. The summed E-state index contributed by atoms with van der Waals surface area (Å²) in [6, 6.07) is 0. The number of carbonyl (C=O) groups is 2. The van der Waals surface area contributed by atoms with Crippen LogP contribution in [0.2, 0.25) is 0 Å². The first kappa shape index (κ1) is 18.2. The van der Waals surface area contributed by atoms with Crippen LogP contribution >= 0.6 is 11.8 Å². The molecule has 7 nitrogen and oxygen atoms in total. The van der Waals surface area contributed by atoms with Crippen LogP contribution in [0.3, 0.4) is 0 Å². The lowest BCUT2D eigenvalue weighted by Gasteiger charge is -2.23. The average Bonchev–Trinajstić information content (AvgIpc) is 3.38. The van der Waals surface area contributed by atoms with Gasteiger partial charge in [0.15, 0.2) is 5.16 Å². The number of rotatable bonds is 7. The summed E-state index contributed by atoms with van der Waals surface area (Å²) in [5, 5.41) is 9.12. The number of hydrogen-bond donors (Lipinski definition) is 1. The second kappa shape index (κ2) is 8.21. The van der Waals surface area contributed by atoms with Gasteiger partial charge in [0.25, 0.3) is 0 Å². The van der Waals surface area contributed by atoms with Crippen LogP contribution in [-0.2, 0) is 16.1 Å². The normalized spacial score (nSPS) is 19.5. The van der Waals surface area contributed by atoms with E-state index in [-0.39, 0.29) is 23.5 Å². The van der Waals surface area contributed by atoms with Gasteiger partial charge in [-0.3, -0.25) is 9.59 Å². The van der Waals surface area contributed by atoms with Crippen LogP contribution in [0.1, 0.15) is 63.6 Å². The Balaban J connectivity index is 1.68. The minimum atomic E-state index is -0.333. The van der Waals surface area contributed by atoms with E-state index < -0.39 is 0 Å². The Morgan fingerprint density at radius 1 is 1.20 bits per heavy atom. The molecule has 0 bridgehead atoms. The maximum Gasteiger partial charge on any atom is 0.235 e. The van der Waals surface area contributed by atoms with Crippen LogP contribution in [0.4, 0.5) is 0 Å². The lowest BCUT2D eigenvalue weighted by molar-refractivity contribution is -0.130. The van der Waals surface area contributed by atoms with Crippen molar-refractivity contribution in [2.75, 3.05) is 13.1 Å². The van der Waals surface area contributed by atoms with E-state index in [1.54, 1.807) is 0 Å². The highest BCUT2D eigenvalue weighted by molar-refractivity contribution is 8.00. The smallest absolute Gasteiger partial charge is 0.235 e. The molecule has 8 heteroatoms. The topological polar surface area (TPSA) is 94.1 Å². The van der Waals surface area contributed by atoms with E-state index in [9.17, 15) is 9.59 Å². The summed E-state index contributed by atoms with van der Waals surface area (Å²) in [6.45, 7) is 4.12. The third kappa shape index (κ3) is 4.74. The number of thioether (sulfide) groups is 1. The van der Waals surface area contributed by atoms with Crippen molar-refractivity contribution in [3.63, 3.8) is 0 Å². The molecule has 1 aliphatic heterocycles. The first-order valence-electron chi connectivity index (χ1n) is 9.23. The predicted octanol–water partition coefficient (Wildman–Crippen LogP) is 1.91. The fraction of sp³-hybridized carbons (Fsp3) is 0.765. The SMILES string of the molecule is CC(Sc1nnc(C2CC2)n1CCC(N)=O)C(=O)N1CCCCCC1. The van der Waals surface area contributed by atoms with E-state index in [2.05, 4.69) is 10.2 Å². The molecule has 3 rings (SSSR count). The summed E-state index contributed by atoms with van der Waals surface area (Å²) in [5.41, 5.74) is 5.30. The molecule has 0 aromatic carbocycles. The molecule has 2 aliphatic rings. The molecule has 0 radical (unpaired) electrons. The summed E-state index contributed by atoms with van der Waals surface area (Å²) in [5.74, 6) is 1.20. The zero-order valence-electron chi connectivity index (χ0n) is 14.8. The summed E-state index contributed by atoms with van der Waals surface area (Å²) >= 11 is 1.44. The summed E-state index contributed by atoms with van der Waals surface area (Å²) in [6.07, 6.45) is 7.07. The lowest BCUT2D eigenvalue weighted by Crippen LogP contribution is -2.37. The minimum absolute atomic E-state index is 0.171. The number of aromatic nitrogens is 3. The molecule has 0 spiro atoms. The van der Waals surface area contributed by atoms with Crippen LogP contribution < -0.4 is 5.73 Å². The molecule has 1 aromatic rings. The first-order chi connectivity index (χ1) is 12.1. The number of nitrogens with two attached hydrogens (primary N) is 1. The molecule has 138 valence electrons. The molecule has 2 heterocycles. The van der Waals surface area contributed by atoms with E-state index in [1.165, 1.54) is 24.6 Å². The number of carbonyl (C=O) groups excluding carboxylic acids is 2. The molecule has 1 saturated carbocycles. The minimum Gasteiger partial charge on any atom is -0.370 e. The molecule has 2 amide bonds. The van der Waals surface area contributed by atoms with Crippen molar-refractivity contribution < 1.29 is 9.59 Å². The second-order valence-corrected chi connectivity index (χ2v) is 8.29. The third-order valence-corrected chi connectivity index (χ3v) is 5.89. The van der Waals surface area contributed by atoms with Gasteiger partial charge in [-0.15, -0.1) is 10.2 Å². The van der Waals surface area contributed by atoms with Crippen molar-refractivity contribution in [1.29, 1.82) is 0 Å². The summed E-state index contributed by atoms with van der Waals surface area (Å²) in [7, 11) is 0. The van der Waals surface area contributed by atoms with Crippen molar-refractivity contribution in [1.82, 2.24) is 19.7 Å². The lowest BCUT2D eigenvalue weighted by atomic mass is 10.2. The Morgan fingerprint density at radius 2 is 1.88 bits per heavy atom. The summed E-state index contributed by atoms with van der Waals surface area (Å²) < 4.78 is 1.99. The van der Waals surface area contributed by atoms with Gasteiger partial charge in [0.1, 0.15) is 5.82 Å². The van der Waals surface area contributed by atoms with Crippen LogP contribution in [0.15, 0.2) is 5.16 Å². The number of amides is 2. The Kier molecular flexibility index (Phi) is 5.98. The van der Waals surface area contributed by atoms with Gasteiger partial charge in [-0.2, -0.15) is 0 Å². The molecular formula is C17H27N5O2S. The zero-order chi connectivity index (χ0) is 17.8. The molecule has 1 unspecified atom stereocenters. The molecule has 2 fully saturated rings. The van der Waals surface area contributed by atoms with Gasteiger partial charge in [0, 0.05) is 32.0 Å². The molecule has 1 saturated heterocycles. The van der Waals surface area contributed by atoms with Crippen molar-refractivity contribution in [2.45, 2.75) is 74.7 Å². The van der Waals surface area contributed by atoms with E-state index in [0.29, 0.717) is 12.5 Å².